The van der Waals surface area contributed by atoms with Gasteiger partial charge in [-0.2, -0.15) is 0 Å². The molecule has 0 radical (unpaired) electrons. The van der Waals surface area contributed by atoms with Crippen LogP contribution in [0.25, 0.3) is 0 Å². The highest BCUT2D eigenvalue weighted by Gasteiger charge is 2.60. The number of ether oxygens (including phenoxy) is 5. The maximum absolute atomic E-state index is 10.1. The quantitative estimate of drug-likeness (QED) is 0.850. The van der Waals surface area contributed by atoms with E-state index in [-0.39, 0.29) is 42.4 Å². The average molecular weight is 392 g/mol. The van der Waals surface area contributed by atoms with E-state index >= 15 is 0 Å². The van der Waals surface area contributed by atoms with Crippen LogP contribution in [0, 0.1) is 17.8 Å². The maximum Gasteiger partial charge on any atom is 0.174 e. The molecule has 4 rings (SSSR count). The minimum atomic E-state index is -0.780. The molecule has 6 nitrogen and oxygen atoms in total. The summed E-state index contributed by atoms with van der Waals surface area (Å²) in [5, 5.41) is 10.1. The zero-order chi connectivity index (χ0) is 19.9. The van der Waals surface area contributed by atoms with Crippen LogP contribution in [0.1, 0.15) is 32.8 Å². The van der Waals surface area contributed by atoms with E-state index in [1.54, 1.807) is 7.11 Å². The second kappa shape index (κ2) is 8.01. The Hall–Kier alpha value is -1.02. The summed E-state index contributed by atoms with van der Waals surface area (Å²) in [4.78, 5) is 0. The first-order valence-electron chi connectivity index (χ1n) is 10.3. The molecule has 1 spiro atoms. The summed E-state index contributed by atoms with van der Waals surface area (Å²) in [5.74, 6) is -0.514. The van der Waals surface area contributed by atoms with Gasteiger partial charge in [0.1, 0.15) is 6.10 Å². The molecule has 0 unspecified atom stereocenters. The standard InChI is InChI=1S/C22H32O6/c1-13-15(3)22(10-17(23)12-26-22)28-20-18(14(2)21(24-4)27-19(13)20)25-11-16-8-6-5-7-9-16/h5-9,13-15,17-21,23H,10-12H2,1-4H3/t13-,14-,15-,17-,18-,19+,20-,21-,22+/m0/s1. The number of hydrogen-bond donors (Lipinski definition) is 1. The van der Waals surface area contributed by atoms with Crippen LogP contribution in [0.4, 0.5) is 0 Å². The monoisotopic (exact) mass is 392 g/mol. The summed E-state index contributed by atoms with van der Waals surface area (Å²) in [6.45, 7) is 7.16. The van der Waals surface area contributed by atoms with Crippen LogP contribution in [-0.2, 0) is 30.3 Å². The zero-order valence-corrected chi connectivity index (χ0v) is 17.1. The van der Waals surface area contributed by atoms with Crippen molar-refractivity contribution in [3.05, 3.63) is 35.9 Å². The molecule has 3 aliphatic heterocycles. The highest BCUT2D eigenvalue weighted by atomic mass is 16.7. The third-order valence-corrected chi connectivity index (χ3v) is 6.78. The molecule has 0 aromatic heterocycles. The smallest absolute Gasteiger partial charge is 0.174 e. The Morgan fingerprint density at radius 3 is 2.50 bits per heavy atom. The summed E-state index contributed by atoms with van der Waals surface area (Å²) >= 11 is 0. The fourth-order valence-electron chi connectivity index (χ4n) is 4.94. The van der Waals surface area contributed by atoms with E-state index in [9.17, 15) is 5.11 Å². The van der Waals surface area contributed by atoms with Crippen molar-refractivity contribution in [2.45, 2.75) is 70.3 Å². The second-order valence-electron chi connectivity index (χ2n) is 8.54. The molecule has 0 bridgehead atoms. The summed E-state index contributed by atoms with van der Waals surface area (Å²) in [7, 11) is 1.67. The van der Waals surface area contributed by atoms with Gasteiger partial charge in [0, 0.05) is 25.4 Å². The Bertz CT molecular complexity index is 654. The highest BCUT2D eigenvalue weighted by Crippen LogP contribution is 2.49. The van der Waals surface area contributed by atoms with Gasteiger partial charge in [-0.1, -0.05) is 51.1 Å². The van der Waals surface area contributed by atoms with Gasteiger partial charge in [0.2, 0.25) is 0 Å². The summed E-state index contributed by atoms with van der Waals surface area (Å²) in [5.41, 5.74) is 1.12. The lowest BCUT2D eigenvalue weighted by Gasteiger charge is -2.55. The van der Waals surface area contributed by atoms with Gasteiger partial charge in [-0.25, -0.2) is 0 Å². The molecule has 3 aliphatic rings. The zero-order valence-electron chi connectivity index (χ0n) is 17.1. The Labute approximate surface area is 167 Å². The van der Waals surface area contributed by atoms with Crippen molar-refractivity contribution in [2.75, 3.05) is 13.7 Å². The molecule has 3 fully saturated rings. The Balaban J connectivity index is 1.59. The third kappa shape index (κ3) is 3.51. The number of benzene rings is 1. The summed E-state index contributed by atoms with van der Waals surface area (Å²) in [6, 6.07) is 10.1. The molecule has 0 amide bonds. The van der Waals surface area contributed by atoms with Crippen molar-refractivity contribution in [2.24, 2.45) is 17.8 Å². The Morgan fingerprint density at radius 2 is 1.86 bits per heavy atom. The average Bonchev–Trinajstić information content (AvgIpc) is 3.08. The fraction of sp³-hybridized carbons (Fsp3) is 0.727. The first-order valence-corrected chi connectivity index (χ1v) is 10.3. The first kappa shape index (κ1) is 20.3. The molecular weight excluding hydrogens is 360 g/mol. The first-order chi connectivity index (χ1) is 13.4. The molecule has 0 saturated carbocycles. The van der Waals surface area contributed by atoms with Crippen LogP contribution < -0.4 is 0 Å². The normalized spacial score (nSPS) is 45.9. The molecule has 9 atom stereocenters. The fourth-order valence-corrected chi connectivity index (χ4v) is 4.94. The lowest BCUT2D eigenvalue weighted by molar-refractivity contribution is -0.383. The number of rotatable bonds is 4. The van der Waals surface area contributed by atoms with Crippen LogP contribution in [0.15, 0.2) is 30.3 Å². The molecule has 6 heteroatoms. The van der Waals surface area contributed by atoms with E-state index in [0.29, 0.717) is 19.6 Å². The van der Waals surface area contributed by atoms with Crippen LogP contribution in [0.5, 0.6) is 0 Å². The van der Waals surface area contributed by atoms with E-state index in [0.717, 1.165) is 5.56 Å². The summed E-state index contributed by atoms with van der Waals surface area (Å²) < 4.78 is 30.9. The number of hydrogen-bond acceptors (Lipinski definition) is 6. The minimum Gasteiger partial charge on any atom is -0.391 e. The topological polar surface area (TPSA) is 66.4 Å². The largest absolute Gasteiger partial charge is 0.391 e. The van der Waals surface area contributed by atoms with E-state index in [1.165, 1.54) is 0 Å². The molecule has 3 heterocycles. The van der Waals surface area contributed by atoms with Gasteiger partial charge in [0.25, 0.3) is 0 Å². The van der Waals surface area contributed by atoms with Gasteiger partial charge in [-0.3, -0.25) is 0 Å². The SMILES string of the molecule is CO[C@H]1O[C@@H]2[C@@H](C)[C@H](C)[C@@]3(C[C@H](O)CO3)O[C@H]2[C@@H](OCc2ccccc2)[C@@H]1C. The Kier molecular flexibility index (Phi) is 5.80. The van der Waals surface area contributed by atoms with Crippen LogP contribution in [0.3, 0.4) is 0 Å². The summed E-state index contributed by atoms with van der Waals surface area (Å²) in [6.07, 6.45) is -0.981. The van der Waals surface area contributed by atoms with Crippen molar-refractivity contribution >= 4 is 0 Å². The van der Waals surface area contributed by atoms with E-state index in [1.807, 2.05) is 18.2 Å². The van der Waals surface area contributed by atoms with Gasteiger partial charge in [-0.05, 0) is 11.5 Å². The van der Waals surface area contributed by atoms with Crippen molar-refractivity contribution in [3.8, 4) is 0 Å². The molecule has 0 aliphatic carbocycles. The number of aliphatic hydroxyl groups is 1. The van der Waals surface area contributed by atoms with Gasteiger partial charge in [-0.15, -0.1) is 0 Å². The number of fused-ring (bicyclic) bond motifs is 1. The molecule has 3 saturated heterocycles. The Morgan fingerprint density at radius 1 is 1.11 bits per heavy atom. The van der Waals surface area contributed by atoms with Crippen molar-refractivity contribution < 1.29 is 28.8 Å². The second-order valence-corrected chi connectivity index (χ2v) is 8.54. The predicted octanol–water partition coefficient (Wildman–Crippen LogP) is 2.73. The predicted molar refractivity (Wildman–Crippen MR) is 102 cm³/mol. The van der Waals surface area contributed by atoms with Crippen LogP contribution in [-0.4, -0.2) is 55.3 Å². The van der Waals surface area contributed by atoms with Gasteiger partial charge in [0.05, 0.1) is 31.5 Å². The third-order valence-electron chi connectivity index (χ3n) is 6.78. The molecule has 156 valence electrons. The number of methoxy groups -OCH3 is 1. The van der Waals surface area contributed by atoms with Gasteiger partial charge >= 0.3 is 0 Å². The van der Waals surface area contributed by atoms with Gasteiger partial charge in [0.15, 0.2) is 12.1 Å². The number of aliphatic hydroxyl groups excluding tert-OH is 1. The molecule has 28 heavy (non-hydrogen) atoms. The van der Waals surface area contributed by atoms with E-state index in [4.69, 9.17) is 23.7 Å². The van der Waals surface area contributed by atoms with Gasteiger partial charge < -0.3 is 28.8 Å². The molecular formula is C22H32O6. The highest BCUT2D eigenvalue weighted by molar-refractivity contribution is 5.13. The molecule has 1 aromatic rings. The van der Waals surface area contributed by atoms with E-state index in [2.05, 4.69) is 32.9 Å². The minimum absolute atomic E-state index is 0.000977. The van der Waals surface area contributed by atoms with Crippen molar-refractivity contribution in [3.63, 3.8) is 0 Å². The molecule has 1 N–H and O–H groups in total. The van der Waals surface area contributed by atoms with Crippen LogP contribution in [0.2, 0.25) is 0 Å². The van der Waals surface area contributed by atoms with Crippen molar-refractivity contribution in [1.82, 2.24) is 0 Å². The lowest BCUT2D eigenvalue weighted by atomic mass is 9.74. The molecule has 1 aromatic carbocycles. The van der Waals surface area contributed by atoms with E-state index < -0.39 is 11.9 Å². The van der Waals surface area contributed by atoms with Crippen molar-refractivity contribution in [1.29, 1.82) is 0 Å². The lowest BCUT2D eigenvalue weighted by Crippen LogP contribution is -2.66. The maximum atomic E-state index is 10.1. The van der Waals surface area contributed by atoms with Crippen LogP contribution >= 0.6 is 0 Å².